The topological polar surface area (TPSA) is 95.5 Å². The molecule has 18 heavy (non-hydrogen) atoms. The number of nitro benzene ring substituents is 1. The predicted octanol–water partition coefficient (Wildman–Crippen LogP) is 1.72. The van der Waals surface area contributed by atoms with Gasteiger partial charge in [-0.15, -0.1) is 12.4 Å². The molecule has 0 radical (unpaired) electrons. The molecular weight excluding hydrogens is 267 g/mol. The van der Waals surface area contributed by atoms with Crippen LogP contribution < -0.4 is 5.73 Å². The van der Waals surface area contributed by atoms with E-state index in [1.165, 1.54) is 7.11 Å². The van der Waals surface area contributed by atoms with Crippen LogP contribution in [0.1, 0.15) is 18.0 Å². The van der Waals surface area contributed by atoms with E-state index in [1.807, 2.05) is 0 Å². The Morgan fingerprint density at radius 3 is 2.72 bits per heavy atom. The number of ether oxygens (including phenoxy) is 1. The molecule has 0 heterocycles. The summed E-state index contributed by atoms with van der Waals surface area (Å²) in [5.74, 6) is -1.30. The lowest BCUT2D eigenvalue weighted by Gasteiger charge is -2.11. The summed E-state index contributed by atoms with van der Waals surface area (Å²) >= 11 is 0. The van der Waals surface area contributed by atoms with Crippen LogP contribution in [0, 0.1) is 15.9 Å². The van der Waals surface area contributed by atoms with Crippen molar-refractivity contribution in [3.05, 3.63) is 39.7 Å². The number of rotatable bonds is 4. The molecule has 0 saturated carbocycles. The number of hydrogen-bond donors (Lipinski definition) is 1. The van der Waals surface area contributed by atoms with Crippen LogP contribution in [-0.4, -0.2) is 18.0 Å². The summed E-state index contributed by atoms with van der Waals surface area (Å²) in [5, 5.41) is 10.5. The van der Waals surface area contributed by atoms with Gasteiger partial charge in [0, 0.05) is 23.7 Å². The molecule has 0 bridgehead atoms. The molecule has 100 valence electrons. The average Bonchev–Trinajstić information content (AvgIpc) is 2.28. The lowest BCUT2D eigenvalue weighted by Crippen LogP contribution is -2.17. The van der Waals surface area contributed by atoms with Crippen LogP contribution in [0.3, 0.4) is 0 Å². The Bertz CT molecular complexity index is 456. The zero-order chi connectivity index (χ0) is 13.0. The number of benzene rings is 1. The molecule has 0 unspecified atom stereocenters. The average molecular weight is 279 g/mol. The number of carbonyl (C=O) groups is 1. The van der Waals surface area contributed by atoms with Crippen molar-refractivity contribution in [2.45, 2.75) is 12.5 Å². The van der Waals surface area contributed by atoms with E-state index in [2.05, 4.69) is 4.74 Å². The van der Waals surface area contributed by atoms with E-state index in [4.69, 9.17) is 5.73 Å². The van der Waals surface area contributed by atoms with Crippen molar-refractivity contribution < 1.29 is 18.8 Å². The van der Waals surface area contributed by atoms with E-state index < -0.39 is 22.8 Å². The molecule has 0 spiro atoms. The maximum absolute atomic E-state index is 13.4. The maximum Gasteiger partial charge on any atom is 0.307 e. The quantitative estimate of drug-likeness (QED) is 0.514. The Morgan fingerprint density at radius 1 is 1.61 bits per heavy atom. The monoisotopic (exact) mass is 278 g/mol. The first-order valence-corrected chi connectivity index (χ1v) is 4.72. The number of non-ortho nitro benzene ring substituents is 1. The van der Waals surface area contributed by atoms with Gasteiger partial charge in [-0.3, -0.25) is 14.9 Å². The van der Waals surface area contributed by atoms with Crippen LogP contribution >= 0.6 is 12.4 Å². The van der Waals surface area contributed by atoms with E-state index in [0.29, 0.717) is 0 Å². The first-order chi connectivity index (χ1) is 7.95. The van der Waals surface area contributed by atoms with E-state index in [0.717, 1.165) is 18.2 Å². The van der Waals surface area contributed by atoms with Crippen molar-refractivity contribution in [2.75, 3.05) is 7.11 Å². The minimum Gasteiger partial charge on any atom is -0.469 e. The van der Waals surface area contributed by atoms with Gasteiger partial charge in [-0.2, -0.15) is 0 Å². The van der Waals surface area contributed by atoms with Gasteiger partial charge < -0.3 is 10.5 Å². The van der Waals surface area contributed by atoms with Gasteiger partial charge in [0.25, 0.3) is 5.69 Å². The van der Waals surface area contributed by atoms with Gasteiger partial charge in [0.15, 0.2) is 0 Å². The van der Waals surface area contributed by atoms with Gasteiger partial charge in [-0.1, -0.05) is 0 Å². The smallest absolute Gasteiger partial charge is 0.307 e. The molecule has 0 aliphatic rings. The highest BCUT2D eigenvalue weighted by Crippen LogP contribution is 2.23. The summed E-state index contributed by atoms with van der Waals surface area (Å²) in [7, 11) is 1.18. The Labute approximate surface area is 108 Å². The molecule has 0 aliphatic heterocycles. The van der Waals surface area contributed by atoms with Crippen LogP contribution in [0.25, 0.3) is 0 Å². The van der Waals surface area contributed by atoms with Crippen LogP contribution in [0.15, 0.2) is 18.2 Å². The lowest BCUT2D eigenvalue weighted by molar-refractivity contribution is -0.385. The highest BCUT2D eigenvalue weighted by molar-refractivity contribution is 5.85. The molecule has 8 heteroatoms. The fraction of sp³-hybridized carbons (Fsp3) is 0.300. The second kappa shape index (κ2) is 6.87. The van der Waals surface area contributed by atoms with Crippen LogP contribution in [0.5, 0.6) is 0 Å². The standard InChI is InChI=1S/C10H11FN2O4.ClH/c1-17-10(14)5-9(12)7-4-6(13(15)16)2-3-8(7)11;/h2-4,9H,5,12H2,1H3;1H/t9-;/m1./s1. The Balaban J connectivity index is 0.00000289. The first kappa shape index (κ1) is 16.3. The molecule has 0 amide bonds. The third-order valence-corrected chi connectivity index (χ3v) is 2.20. The summed E-state index contributed by atoms with van der Waals surface area (Å²) < 4.78 is 17.8. The number of nitro groups is 1. The fourth-order valence-electron chi connectivity index (χ4n) is 1.30. The zero-order valence-corrected chi connectivity index (χ0v) is 10.3. The molecular formula is C10H12ClFN2O4. The van der Waals surface area contributed by atoms with Crippen LogP contribution in [0.2, 0.25) is 0 Å². The van der Waals surface area contributed by atoms with Gasteiger partial charge in [0.05, 0.1) is 18.5 Å². The van der Waals surface area contributed by atoms with Crippen molar-refractivity contribution in [3.8, 4) is 0 Å². The number of nitrogens with two attached hydrogens (primary N) is 1. The maximum atomic E-state index is 13.4. The Hall–Kier alpha value is -1.73. The Morgan fingerprint density at radius 2 is 2.22 bits per heavy atom. The molecule has 1 aromatic rings. The van der Waals surface area contributed by atoms with Crippen LogP contribution in [-0.2, 0) is 9.53 Å². The van der Waals surface area contributed by atoms with Crippen LogP contribution in [0.4, 0.5) is 10.1 Å². The minimum atomic E-state index is -0.970. The van der Waals surface area contributed by atoms with Gasteiger partial charge in [-0.05, 0) is 6.07 Å². The molecule has 0 aliphatic carbocycles. The largest absolute Gasteiger partial charge is 0.469 e. The van der Waals surface area contributed by atoms with Gasteiger partial charge in [0.2, 0.25) is 0 Å². The van der Waals surface area contributed by atoms with E-state index >= 15 is 0 Å². The third-order valence-electron chi connectivity index (χ3n) is 2.20. The molecule has 0 fully saturated rings. The zero-order valence-electron chi connectivity index (χ0n) is 9.46. The summed E-state index contributed by atoms with van der Waals surface area (Å²) in [6.45, 7) is 0. The fourth-order valence-corrected chi connectivity index (χ4v) is 1.30. The van der Waals surface area contributed by atoms with Gasteiger partial charge in [-0.25, -0.2) is 4.39 Å². The number of nitrogens with zero attached hydrogens (tertiary/aromatic N) is 1. The summed E-state index contributed by atoms with van der Waals surface area (Å²) in [6.07, 6.45) is -0.241. The molecule has 1 rings (SSSR count). The van der Waals surface area contributed by atoms with Crippen molar-refractivity contribution >= 4 is 24.1 Å². The number of carbonyl (C=O) groups excluding carboxylic acids is 1. The van der Waals surface area contributed by atoms with Gasteiger partial charge >= 0.3 is 5.97 Å². The number of hydrogen-bond acceptors (Lipinski definition) is 5. The van der Waals surface area contributed by atoms with Gasteiger partial charge in [0.1, 0.15) is 5.82 Å². The van der Waals surface area contributed by atoms with Crippen molar-refractivity contribution in [3.63, 3.8) is 0 Å². The van der Waals surface area contributed by atoms with Crippen molar-refractivity contribution in [2.24, 2.45) is 5.73 Å². The predicted molar refractivity (Wildman–Crippen MR) is 63.9 cm³/mol. The second-order valence-electron chi connectivity index (χ2n) is 3.35. The van der Waals surface area contributed by atoms with E-state index in [9.17, 15) is 19.3 Å². The third kappa shape index (κ3) is 3.94. The number of methoxy groups -OCH3 is 1. The Kier molecular flexibility index (Phi) is 6.21. The highest BCUT2D eigenvalue weighted by Gasteiger charge is 2.19. The highest BCUT2D eigenvalue weighted by atomic mass is 35.5. The SMILES string of the molecule is COC(=O)C[C@@H](N)c1cc([N+](=O)[O-])ccc1F.Cl. The first-order valence-electron chi connectivity index (χ1n) is 4.72. The summed E-state index contributed by atoms with van der Waals surface area (Å²) in [6, 6.07) is 2.03. The molecule has 2 N–H and O–H groups in total. The minimum absolute atomic E-state index is 0. The van der Waals surface area contributed by atoms with Crippen molar-refractivity contribution in [1.29, 1.82) is 0 Å². The molecule has 0 saturated heterocycles. The van der Waals surface area contributed by atoms with E-state index in [-0.39, 0.29) is 30.1 Å². The number of esters is 1. The molecule has 1 aromatic carbocycles. The van der Waals surface area contributed by atoms with E-state index in [1.54, 1.807) is 0 Å². The summed E-state index contributed by atoms with van der Waals surface area (Å²) in [5.41, 5.74) is 5.22. The molecule has 0 aromatic heterocycles. The normalized spacial score (nSPS) is 11.3. The summed E-state index contributed by atoms with van der Waals surface area (Å²) in [4.78, 5) is 20.8. The second-order valence-corrected chi connectivity index (χ2v) is 3.35. The molecule has 6 nitrogen and oxygen atoms in total. The van der Waals surface area contributed by atoms with Crippen molar-refractivity contribution in [1.82, 2.24) is 0 Å². The molecule has 1 atom stereocenters. The lowest BCUT2D eigenvalue weighted by atomic mass is 10.0. The number of halogens is 2.